The normalized spacial score (nSPS) is 15.4. The zero-order chi connectivity index (χ0) is 18.4. The fourth-order valence-electron chi connectivity index (χ4n) is 2.79. The first kappa shape index (κ1) is 19.6. The summed E-state index contributed by atoms with van der Waals surface area (Å²) in [6.07, 6.45) is 0.804. The topological polar surface area (TPSA) is 52.7 Å². The lowest BCUT2D eigenvalue weighted by Crippen LogP contribution is -2.44. The predicted octanol–water partition coefficient (Wildman–Crippen LogP) is 3.45. The molecule has 1 aromatic carbocycles. The molecule has 3 amide bonds. The summed E-state index contributed by atoms with van der Waals surface area (Å²) in [5, 5.41) is 3.44. The molecular weight excluding hydrogens is 334 g/mol. The van der Waals surface area contributed by atoms with E-state index in [9.17, 15) is 9.59 Å². The zero-order valence-corrected chi connectivity index (χ0v) is 16.4. The number of hydrogen-bond donors (Lipinski definition) is 1. The highest BCUT2D eigenvalue weighted by Gasteiger charge is 2.23. The smallest absolute Gasteiger partial charge is 0.317 e. The molecule has 0 saturated carbocycles. The van der Waals surface area contributed by atoms with Gasteiger partial charge in [-0.1, -0.05) is 13.8 Å². The maximum absolute atomic E-state index is 12.7. The highest BCUT2D eigenvalue weighted by atomic mass is 32.2. The van der Waals surface area contributed by atoms with Crippen LogP contribution >= 0.6 is 11.8 Å². The van der Waals surface area contributed by atoms with Crippen molar-refractivity contribution in [1.82, 2.24) is 15.1 Å². The third-order valence-electron chi connectivity index (χ3n) is 3.96. The van der Waals surface area contributed by atoms with Crippen LogP contribution < -0.4 is 5.32 Å². The van der Waals surface area contributed by atoms with Crippen LogP contribution in [0.4, 0.5) is 4.79 Å². The van der Waals surface area contributed by atoms with E-state index < -0.39 is 0 Å². The van der Waals surface area contributed by atoms with Crippen LogP contribution in [0, 0.1) is 0 Å². The number of nitrogens with zero attached hydrogens (tertiary/aromatic N) is 2. The van der Waals surface area contributed by atoms with Gasteiger partial charge in [0.05, 0.1) is 0 Å². The van der Waals surface area contributed by atoms with Gasteiger partial charge in [-0.3, -0.25) is 4.79 Å². The standard InChI is InChI=1S/C19H29N3O2S/c1-14(2)20-19(24)22-11-5-10-21(12-13-22)18(23)16-6-8-17(9-7-16)25-15(3)4/h6-9,14-15H,5,10-13H2,1-4H3,(H,20,24). The van der Waals surface area contributed by atoms with Crippen LogP contribution in [-0.4, -0.2) is 59.2 Å². The van der Waals surface area contributed by atoms with Gasteiger partial charge in [-0.2, -0.15) is 0 Å². The van der Waals surface area contributed by atoms with E-state index in [0.717, 1.165) is 6.42 Å². The molecule has 1 saturated heterocycles. The summed E-state index contributed by atoms with van der Waals surface area (Å²) in [6.45, 7) is 10.7. The van der Waals surface area contributed by atoms with E-state index in [1.807, 2.05) is 43.0 Å². The highest BCUT2D eigenvalue weighted by molar-refractivity contribution is 7.99. The molecule has 0 unspecified atom stereocenters. The number of carbonyl (C=O) groups is 2. The van der Waals surface area contributed by atoms with Crippen molar-refractivity contribution >= 4 is 23.7 Å². The van der Waals surface area contributed by atoms with Gasteiger partial charge in [-0.15, -0.1) is 11.8 Å². The fraction of sp³-hybridized carbons (Fsp3) is 0.579. The average Bonchev–Trinajstić information content (AvgIpc) is 2.80. The van der Waals surface area contributed by atoms with Crippen molar-refractivity contribution in [2.75, 3.05) is 26.2 Å². The van der Waals surface area contributed by atoms with Crippen LogP contribution in [0.3, 0.4) is 0 Å². The molecular formula is C19H29N3O2S. The largest absolute Gasteiger partial charge is 0.337 e. The van der Waals surface area contributed by atoms with E-state index in [1.165, 1.54) is 4.90 Å². The van der Waals surface area contributed by atoms with Crippen LogP contribution in [-0.2, 0) is 0 Å². The number of amides is 3. The third kappa shape index (κ3) is 5.96. The van der Waals surface area contributed by atoms with Crippen molar-refractivity contribution in [3.8, 4) is 0 Å². The maximum atomic E-state index is 12.7. The fourth-order valence-corrected chi connectivity index (χ4v) is 3.63. The van der Waals surface area contributed by atoms with Crippen molar-refractivity contribution in [2.45, 2.75) is 50.3 Å². The quantitative estimate of drug-likeness (QED) is 0.834. The number of hydrogen-bond acceptors (Lipinski definition) is 3. The first-order valence-corrected chi connectivity index (χ1v) is 9.86. The number of urea groups is 1. The average molecular weight is 364 g/mol. The summed E-state index contributed by atoms with van der Waals surface area (Å²) in [4.78, 5) is 29.7. The van der Waals surface area contributed by atoms with Crippen molar-refractivity contribution in [2.24, 2.45) is 0 Å². The van der Waals surface area contributed by atoms with Gasteiger partial charge in [-0.05, 0) is 44.5 Å². The van der Waals surface area contributed by atoms with E-state index in [0.29, 0.717) is 37.0 Å². The summed E-state index contributed by atoms with van der Waals surface area (Å²) in [7, 11) is 0. The molecule has 1 aliphatic heterocycles. The molecule has 1 aliphatic rings. The summed E-state index contributed by atoms with van der Waals surface area (Å²) in [5.74, 6) is 0.0483. The SMILES string of the molecule is CC(C)NC(=O)N1CCCN(C(=O)c2ccc(SC(C)C)cc2)CC1. The molecule has 138 valence electrons. The summed E-state index contributed by atoms with van der Waals surface area (Å²) >= 11 is 1.79. The Balaban J connectivity index is 1.95. The van der Waals surface area contributed by atoms with Crippen molar-refractivity contribution in [3.05, 3.63) is 29.8 Å². The summed E-state index contributed by atoms with van der Waals surface area (Å²) < 4.78 is 0. The van der Waals surface area contributed by atoms with Gasteiger partial charge < -0.3 is 15.1 Å². The zero-order valence-electron chi connectivity index (χ0n) is 15.6. The number of rotatable bonds is 4. The molecule has 6 heteroatoms. The molecule has 1 aromatic rings. The summed E-state index contributed by atoms with van der Waals surface area (Å²) in [5.41, 5.74) is 0.716. The van der Waals surface area contributed by atoms with E-state index >= 15 is 0 Å². The minimum Gasteiger partial charge on any atom is -0.337 e. The maximum Gasteiger partial charge on any atom is 0.317 e. The second-order valence-electron chi connectivity index (χ2n) is 6.93. The molecule has 1 N–H and O–H groups in total. The van der Waals surface area contributed by atoms with Crippen LogP contribution in [0.25, 0.3) is 0 Å². The molecule has 0 bridgehead atoms. The highest BCUT2D eigenvalue weighted by Crippen LogP contribution is 2.23. The second-order valence-corrected chi connectivity index (χ2v) is 8.58. The van der Waals surface area contributed by atoms with E-state index in [-0.39, 0.29) is 18.0 Å². The Bertz CT molecular complexity index is 587. The van der Waals surface area contributed by atoms with Gasteiger partial charge >= 0.3 is 6.03 Å². The molecule has 1 heterocycles. The molecule has 1 fully saturated rings. The predicted molar refractivity (Wildman–Crippen MR) is 103 cm³/mol. The van der Waals surface area contributed by atoms with Gasteiger partial charge in [0.15, 0.2) is 0 Å². The van der Waals surface area contributed by atoms with Crippen LogP contribution in [0.2, 0.25) is 0 Å². The van der Waals surface area contributed by atoms with Gasteiger partial charge in [-0.25, -0.2) is 4.79 Å². The van der Waals surface area contributed by atoms with Gasteiger partial charge in [0.1, 0.15) is 0 Å². The van der Waals surface area contributed by atoms with Crippen LogP contribution in [0.15, 0.2) is 29.2 Å². The molecule has 2 rings (SSSR count). The molecule has 0 spiro atoms. The van der Waals surface area contributed by atoms with Gasteiger partial charge in [0.25, 0.3) is 5.91 Å². The first-order chi connectivity index (χ1) is 11.9. The van der Waals surface area contributed by atoms with Crippen molar-refractivity contribution < 1.29 is 9.59 Å². The Morgan fingerprint density at radius 3 is 2.16 bits per heavy atom. The summed E-state index contributed by atoms with van der Waals surface area (Å²) in [6, 6.07) is 7.91. The number of benzene rings is 1. The van der Waals surface area contributed by atoms with E-state index in [4.69, 9.17) is 0 Å². The lowest BCUT2D eigenvalue weighted by molar-refractivity contribution is 0.0762. The molecule has 25 heavy (non-hydrogen) atoms. The molecule has 5 nitrogen and oxygen atoms in total. The monoisotopic (exact) mass is 363 g/mol. The van der Waals surface area contributed by atoms with Crippen LogP contribution in [0.1, 0.15) is 44.5 Å². The molecule has 0 aliphatic carbocycles. The lowest BCUT2D eigenvalue weighted by atomic mass is 10.2. The Kier molecular flexibility index (Phi) is 7.17. The number of thioether (sulfide) groups is 1. The Labute approximate surface area is 155 Å². The molecule has 0 aromatic heterocycles. The lowest BCUT2D eigenvalue weighted by Gasteiger charge is -2.23. The molecule has 0 radical (unpaired) electrons. The van der Waals surface area contributed by atoms with Crippen LogP contribution in [0.5, 0.6) is 0 Å². The van der Waals surface area contributed by atoms with Gasteiger partial charge in [0, 0.05) is 47.9 Å². The second kappa shape index (κ2) is 9.13. The number of nitrogens with one attached hydrogen (secondary N) is 1. The Hall–Kier alpha value is -1.69. The number of carbonyl (C=O) groups excluding carboxylic acids is 2. The minimum absolute atomic E-state index is 0.0423. The third-order valence-corrected chi connectivity index (χ3v) is 4.97. The van der Waals surface area contributed by atoms with Crippen molar-refractivity contribution in [1.29, 1.82) is 0 Å². The Morgan fingerprint density at radius 1 is 0.960 bits per heavy atom. The Morgan fingerprint density at radius 2 is 1.56 bits per heavy atom. The van der Waals surface area contributed by atoms with Crippen molar-refractivity contribution in [3.63, 3.8) is 0 Å². The molecule has 0 atom stereocenters. The van der Waals surface area contributed by atoms with Gasteiger partial charge in [0.2, 0.25) is 0 Å². The first-order valence-electron chi connectivity index (χ1n) is 8.98. The minimum atomic E-state index is -0.0423. The van der Waals surface area contributed by atoms with E-state index in [1.54, 1.807) is 16.7 Å². The van der Waals surface area contributed by atoms with E-state index in [2.05, 4.69) is 19.2 Å².